The summed E-state index contributed by atoms with van der Waals surface area (Å²) in [6, 6.07) is 9.67. The van der Waals surface area contributed by atoms with Gasteiger partial charge in [0.1, 0.15) is 5.82 Å². The molecule has 2 aromatic carbocycles. The van der Waals surface area contributed by atoms with E-state index in [1.165, 1.54) is 27.4 Å². The lowest BCUT2D eigenvalue weighted by atomic mass is 9.91. The molecule has 1 heterocycles. The van der Waals surface area contributed by atoms with Crippen molar-refractivity contribution in [3.63, 3.8) is 0 Å². The van der Waals surface area contributed by atoms with Crippen LogP contribution < -0.4 is 14.2 Å². The Labute approximate surface area is 169 Å². The average Bonchev–Trinajstić information content (AvgIpc) is 2.74. The summed E-state index contributed by atoms with van der Waals surface area (Å²) in [6.07, 6.45) is 1.34. The normalized spacial score (nSPS) is 18.1. The number of methoxy groups -OCH3 is 3. The topological polar surface area (TPSA) is 68.2 Å². The lowest BCUT2D eigenvalue weighted by Crippen LogP contribution is -2.41. The number of carbonyl (C=O) groups is 1. The number of benzene rings is 2. The Balaban J connectivity index is 2.14. The summed E-state index contributed by atoms with van der Waals surface area (Å²) in [4.78, 5) is 13.6. The molecule has 156 valence electrons. The number of ether oxygens (including phenoxy) is 3. The van der Waals surface area contributed by atoms with Gasteiger partial charge in [0.2, 0.25) is 5.75 Å². The molecule has 3 rings (SSSR count). The minimum atomic E-state index is -0.827. The molecule has 1 aliphatic rings. The first kappa shape index (κ1) is 20.9. The first-order chi connectivity index (χ1) is 14.0. The van der Waals surface area contributed by atoms with E-state index in [9.17, 15) is 14.3 Å². The zero-order chi connectivity index (χ0) is 21.0. The Hall–Kier alpha value is -2.80. The SMILES string of the molecule is COc1cc(C(c2ccccc2F)N2CCCC(C(=O)O)C2)cc(OC)c1OC. The van der Waals surface area contributed by atoms with Crippen LogP contribution in [0.15, 0.2) is 36.4 Å². The number of carboxylic acids is 1. The number of aliphatic carboxylic acids is 1. The fraction of sp³-hybridized carbons (Fsp3) is 0.409. The Morgan fingerprint density at radius 1 is 1.14 bits per heavy atom. The van der Waals surface area contributed by atoms with E-state index in [1.807, 2.05) is 4.90 Å². The molecular formula is C22H26FNO5. The minimum Gasteiger partial charge on any atom is -0.493 e. The third kappa shape index (κ3) is 4.29. The second-order valence-corrected chi connectivity index (χ2v) is 7.06. The van der Waals surface area contributed by atoms with E-state index < -0.39 is 17.9 Å². The van der Waals surface area contributed by atoms with E-state index in [1.54, 1.807) is 30.3 Å². The summed E-state index contributed by atoms with van der Waals surface area (Å²) in [5, 5.41) is 9.51. The number of hydrogen-bond acceptors (Lipinski definition) is 5. The monoisotopic (exact) mass is 403 g/mol. The van der Waals surface area contributed by atoms with Gasteiger partial charge in [0.25, 0.3) is 0 Å². The van der Waals surface area contributed by atoms with E-state index in [0.29, 0.717) is 42.3 Å². The number of halogens is 1. The second-order valence-electron chi connectivity index (χ2n) is 7.06. The first-order valence-corrected chi connectivity index (χ1v) is 9.51. The number of rotatable bonds is 7. The van der Waals surface area contributed by atoms with Crippen molar-refractivity contribution in [2.45, 2.75) is 18.9 Å². The summed E-state index contributed by atoms with van der Waals surface area (Å²) < 4.78 is 31.2. The van der Waals surface area contributed by atoms with Crippen molar-refractivity contribution >= 4 is 5.97 Å². The van der Waals surface area contributed by atoms with E-state index in [-0.39, 0.29) is 5.82 Å². The summed E-state index contributed by atoms with van der Waals surface area (Å²) in [5.74, 6) is -0.270. The Bertz CT molecular complexity index is 847. The molecule has 6 nitrogen and oxygen atoms in total. The molecule has 2 atom stereocenters. The van der Waals surface area contributed by atoms with Crippen molar-refractivity contribution in [2.75, 3.05) is 34.4 Å². The van der Waals surface area contributed by atoms with Gasteiger partial charge < -0.3 is 19.3 Å². The van der Waals surface area contributed by atoms with Crippen molar-refractivity contribution < 1.29 is 28.5 Å². The fourth-order valence-electron chi connectivity index (χ4n) is 3.99. The quantitative estimate of drug-likeness (QED) is 0.760. The maximum Gasteiger partial charge on any atom is 0.307 e. The van der Waals surface area contributed by atoms with Gasteiger partial charge in [-0.1, -0.05) is 18.2 Å². The standard InChI is InChI=1S/C22H26FNO5/c1-27-18-11-15(12-19(28-2)21(18)29-3)20(16-8-4-5-9-17(16)23)24-10-6-7-14(13-24)22(25)26/h4-5,8-9,11-12,14,20H,6-7,10,13H2,1-3H3,(H,25,26). The smallest absolute Gasteiger partial charge is 0.307 e. The molecule has 29 heavy (non-hydrogen) atoms. The average molecular weight is 403 g/mol. The molecular weight excluding hydrogens is 377 g/mol. The van der Waals surface area contributed by atoms with Crippen LogP contribution in [-0.2, 0) is 4.79 Å². The highest BCUT2D eigenvalue weighted by Crippen LogP contribution is 2.43. The Morgan fingerprint density at radius 3 is 2.34 bits per heavy atom. The predicted molar refractivity (Wildman–Crippen MR) is 106 cm³/mol. The van der Waals surface area contributed by atoms with Crippen molar-refractivity contribution in [1.29, 1.82) is 0 Å². The fourth-order valence-corrected chi connectivity index (χ4v) is 3.99. The maximum absolute atomic E-state index is 14.8. The molecule has 0 bridgehead atoms. The molecule has 1 saturated heterocycles. The highest BCUT2D eigenvalue weighted by molar-refractivity contribution is 5.70. The Kier molecular flexibility index (Phi) is 6.59. The van der Waals surface area contributed by atoms with Crippen molar-refractivity contribution in [1.82, 2.24) is 4.90 Å². The van der Waals surface area contributed by atoms with E-state index in [0.717, 1.165) is 12.0 Å². The molecule has 1 fully saturated rings. The molecule has 0 amide bonds. The lowest BCUT2D eigenvalue weighted by Gasteiger charge is -2.38. The summed E-state index contributed by atoms with van der Waals surface area (Å²) >= 11 is 0. The van der Waals surface area contributed by atoms with E-state index in [4.69, 9.17) is 14.2 Å². The Morgan fingerprint density at radius 2 is 1.79 bits per heavy atom. The van der Waals surface area contributed by atoms with Crippen LogP contribution in [0.5, 0.6) is 17.2 Å². The molecule has 2 unspecified atom stereocenters. The van der Waals surface area contributed by atoms with E-state index >= 15 is 0 Å². The molecule has 0 saturated carbocycles. The lowest BCUT2D eigenvalue weighted by molar-refractivity contribution is -0.143. The molecule has 0 aliphatic carbocycles. The number of nitrogens with zero attached hydrogens (tertiary/aromatic N) is 1. The third-order valence-electron chi connectivity index (χ3n) is 5.37. The second kappa shape index (κ2) is 9.13. The van der Waals surface area contributed by atoms with Crippen LogP contribution in [0.2, 0.25) is 0 Å². The van der Waals surface area contributed by atoms with Gasteiger partial charge in [0.15, 0.2) is 11.5 Å². The molecule has 0 spiro atoms. The number of hydrogen-bond donors (Lipinski definition) is 1. The van der Waals surface area contributed by atoms with Gasteiger partial charge in [-0.05, 0) is 43.1 Å². The van der Waals surface area contributed by atoms with Crippen LogP contribution in [-0.4, -0.2) is 50.4 Å². The number of carboxylic acid groups (broad SMARTS) is 1. The van der Waals surface area contributed by atoms with Crippen LogP contribution in [0.25, 0.3) is 0 Å². The molecule has 1 N–H and O–H groups in total. The van der Waals surface area contributed by atoms with Crippen LogP contribution >= 0.6 is 0 Å². The van der Waals surface area contributed by atoms with Crippen LogP contribution in [0.3, 0.4) is 0 Å². The molecule has 1 aliphatic heterocycles. The van der Waals surface area contributed by atoms with Crippen molar-refractivity contribution in [2.24, 2.45) is 5.92 Å². The van der Waals surface area contributed by atoms with Gasteiger partial charge in [0.05, 0.1) is 33.3 Å². The van der Waals surface area contributed by atoms with Crippen molar-refractivity contribution in [3.05, 3.63) is 53.3 Å². The van der Waals surface area contributed by atoms with Gasteiger partial charge >= 0.3 is 5.97 Å². The predicted octanol–water partition coefficient (Wildman–Crippen LogP) is 3.74. The first-order valence-electron chi connectivity index (χ1n) is 9.51. The van der Waals surface area contributed by atoms with Gasteiger partial charge in [-0.15, -0.1) is 0 Å². The van der Waals surface area contributed by atoms with Crippen LogP contribution in [0.4, 0.5) is 4.39 Å². The van der Waals surface area contributed by atoms with Gasteiger partial charge in [-0.2, -0.15) is 0 Å². The molecule has 0 radical (unpaired) electrons. The largest absolute Gasteiger partial charge is 0.493 e. The summed E-state index contributed by atoms with van der Waals surface area (Å²) in [5.41, 5.74) is 1.23. The summed E-state index contributed by atoms with van der Waals surface area (Å²) in [6.45, 7) is 1.00. The number of piperidine rings is 1. The highest BCUT2D eigenvalue weighted by Gasteiger charge is 2.33. The van der Waals surface area contributed by atoms with E-state index in [2.05, 4.69) is 0 Å². The molecule has 2 aromatic rings. The van der Waals surface area contributed by atoms with Crippen LogP contribution in [0, 0.1) is 11.7 Å². The van der Waals surface area contributed by atoms with Crippen LogP contribution in [0.1, 0.15) is 30.0 Å². The van der Waals surface area contributed by atoms with Gasteiger partial charge in [0, 0.05) is 12.1 Å². The van der Waals surface area contributed by atoms with Gasteiger partial charge in [-0.25, -0.2) is 4.39 Å². The third-order valence-corrected chi connectivity index (χ3v) is 5.37. The number of likely N-dealkylation sites (tertiary alicyclic amines) is 1. The van der Waals surface area contributed by atoms with Gasteiger partial charge in [-0.3, -0.25) is 9.69 Å². The maximum atomic E-state index is 14.8. The molecule has 7 heteroatoms. The highest BCUT2D eigenvalue weighted by atomic mass is 19.1. The van der Waals surface area contributed by atoms with Crippen molar-refractivity contribution in [3.8, 4) is 17.2 Å². The summed E-state index contributed by atoms with van der Waals surface area (Å²) in [7, 11) is 4.58. The zero-order valence-corrected chi connectivity index (χ0v) is 16.9. The zero-order valence-electron chi connectivity index (χ0n) is 16.9. The molecule has 0 aromatic heterocycles. The minimum absolute atomic E-state index is 0.338.